The number of aryl methyl sites for hydroxylation is 2. The highest BCUT2D eigenvalue weighted by Gasteiger charge is 2.17. The van der Waals surface area contributed by atoms with Crippen LogP contribution in [0.5, 0.6) is 0 Å². The zero-order chi connectivity index (χ0) is 19.4. The van der Waals surface area contributed by atoms with Crippen LogP contribution in [0.1, 0.15) is 21.5 Å². The third-order valence-electron chi connectivity index (χ3n) is 4.06. The summed E-state index contributed by atoms with van der Waals surface area (Å²) in [6, 6.07) is 20.7. The summed E-state index contributed by atoms with van der Waals surface area (Å²) in [6.07, 6.45) is 0. The molecule has 2 N–H and O–H groups in total. The van der Waals surface area contributed by atoms with Crippen LogP contribution in [0.2, 0.25) is 0 Å². The zero-order valence-corrected chi connectivity index (χ0v) is 15.9. The molecule has 3 rings (SSSR count). The minimum Gasteiger partial charge on any atom is -0.322 e. The summed E-state index contributed by atoms with van der Waals surface area (Å²) >= 11 is 0. The van der Waals surface area contributed by atoms with Gasteiger partial charge < -0.3 is 5.32 Å². The third kappa shape index (κ3) is 4.54. The van der Waals surface area contributed by atoms with E-state index in [4.69, 9.17) is 0 Å². The monoisotopic (exact) mass is 380 g/mol. The van der Waals surface area contributed by atoms with Crippen LogP contribution >= 0.6 is 0 Å². The molecule has 0 aliphatic heterocycles. The molecule has 3 aromatic rings. The second kappa shape index (κ2) is 7.63. The first-order valence-electron chi connectivity index (χ1n) is 8.42. The molecule has 0 aliphatic rings. The fraction of sp³-hybridized carbons (Fsp3) is 0.0952. The fourth-order valence-corrected chi connectivity index (χ4v) is 4.01. The Hall–Kier alpha value is -3.12. The number of para-hydroxylation sites is 1. The maximum absolute atomic E-state index is 12.6. The summed E-state index contributed by atoms with van der Waals surface area (Å²) in [6.45, 7) is 3.60. The maximum atomic E-state index is 12.6. The Morgan fingerprint density at radius 3 is 2.15 bits per heavy atom. The van der Waals surface area contributed by atoms with Gasteiger partial charge in [-0.05, 0) is 67.4 Å². The van der Waals surface area contributed by atoms with Crippen molar-refractivity contribution in [2.45, 2.75) is 18.7 Å². The molecule has 0 aliphatic carbocycles. The SMILES string of the molecule is Cc1ccc(C)c(S(=O)(=O)Nc2ccc(C(=O)Nc3ccccc3)cc2)c1. The standard InChI is InChI=1S/C21H20N2O3S/c1-15-8-9-16(2)20(14-15)27(25,26)23-19-12-10-17(11-13-19)21(24)22-18-6-4-3-5-7-18/h3-14,23H,1-2H3,(H,22,24). The lowest BCUT2D eigenvalue weighted by atomic mass is 10.2. The first-order valence-corrected chi connectivity index (χ1v) is 9.90. The number of benzene rings is 3. The predicted molar refractivity (Wildman–Crippen MR) is 108 cm³/mol. The molecule has 0 bridgehead atoms. The molecule has 0 radical (unpaired) electrons. The Balaban J connectivity index is 1.75. The highest BCUT2D eigenvalue weighted by Crippen LogP contribution is 2.21. The van der Waals surface area contributed by atoms with Gasteiger partial charge >= 0.3 is 0 Å². The van der Waals surface area contributed by atoms with E-state index in [-0.39, 0.29) is 10.8 Å². The van der Waals surface area contributed by atoms with E-state index in [0.717, 1.165) is 5.56 Å². The van der Waals surface area contributed by atoms with Gasteiger partial charge in [-0.15, -0.1) is 0 Å². The number of nitrogens with one attached hydrogen (secondary N) is 2. The number of hydrogen-bond donors (Lipinski definition) is 2. The Morgan fingerprint density at radius 2 is 1.48 bits per heavy atom. The van der Waals surface area contributed by atoms with Crippen LogP contribution < -0.4 is 10.0 Å². The molecule has 6 heteroatoms. The van der Waals surface area contributed by atoms with Crippen LogP contribution in [0, 0.1) is 13.8 Å². The van der Waals surface area contributed by atoms with Gasteiger partial charge in [-0.25, -0.2) is 8.42 Å². The summed E-state index contributed by atoms with van der Waals surface area (Å²) in [5.41, 5.74) is 3.07. The van der Waals surface area contributed by atoms with Gasteiger partial charge in [-0.3, -0.25) is 9.52 Å². The highest BCUT2D eigenvalue weighted by atomic mass is 32.2. The number of carbonyl (C=O) groups is 1. The van der Waals surface area contributed by atoms with Crippen molar-refractivity contribution in [1.29, 1.82) is 0 Å². The summed E-state index contributed by atoms with van der Waals surface area (Å²) < 4.78 is 27.8. The van der Waals surface area contributed by atoms with Crippen LogP contribution in [-0.2, 0) is 10.0 Å². The van der Waals surface area contributed by atoms with Gasteiger partial charge in [0.05, 0.1) is 4.90 Å². The number of anilines is 2. The molecule has 0 aromatic heterocycles. The van der Waals surface area contributed by atoms with E-state index in [0.29, 0.717) is 22.5 Å². The van der Waals surface area contributed by atoms with Gasteiger partial charge in [0.2, 0.25) is 0 Å². The molecule has 0 heterocycles. The second-order valence-corrected chi connectivity index (χ2v) is 7.92. The number of rotatable bonds is 5. The topological polar surface area (TPSA) is 75.3 Å². The van der Waals surface area contributed by atoms with Crippen molar-refractivity contribution in [3.63, 3.8) is 0 Å². The predicted octanol–water partition coefficient (Wildman–Crippen LogP) is 4.36. The Morgan fingerprint density at radius 1 is 0.815 bits per heavy atom. The summed E-state index contributed by atoms with van der Waals surface area (Å²) in [5.74, 6) is -0.259. The van der Waals surface area contributed by atoms with E-state index >= 15 is 0 Å². The Kier molecular flexibility index (Phi) is 5.28. The molecule has 0 fully saturated rings. The summed E-state index contributed by atoms with van der Waals surface area (Å²) in [5, 5.41) is 2.79. The molecular weight excluding hydrogens is 360 g/mol. The molecule has 27 heavy (non-hydrogen) atoms. The highest BCUT2D eigenvalue weighted by molar-refractivity contribution is 7.92. The molecule has 138 valence electrons. The van der Waals surface area contributed by atoms with E-state index in [2.05, 4.69) is 10.0 Å². The molecule has 0 saturated heterocycles. The second-order valence-electron chi connectivity index (χ2n) is 6.27. The normalized spacial score (nSPS) is 11.0. The Bertz CT molecular complexity index is 1060. The lowest BCUT2D eigenvalue weighted by Gasteiger charge is -2.12. The van der Waals surface area contributed by atoms with Crippen molar-refractivity contribution in [3.8, 4) is 0 Å². The van der Waals surface area contributed by atoms with Crippen molar-refractivity contribution in [1.82, 2.24) is 0 Å². The fourth-order valence-electron chi connectivity index (χ4n) is 2.62. The van der Waals surface area contributed by atoms with E-state index in [1.165, 1.54) is 0 Å². The average Bonchev–Trinajstić information content (AvgIpc) is 2.64. The van der Waals surface area contributed by atoms with E-state index in [1.54, 1.807) is 55.5 Å². The molecule has 1 amide bonds. The largest absolute Gasteiger partial charge is 0.322 e. The van der Waals surface area contributed by atoms with Gasteiger partial charge in [0, 0.05) is 16.9 Å². The van der Waals surface area contributed by atoms with Crippen LogP contribution in [0.25, 0.3) is 0 Å². The van der Waals surface area contributed by atoms with Crippen molar-refractivity contribution in [2.75, 3.05) is 10.0 Å². The Labute approximate surface area is 159 Å². The van der Waals surface area contributed by atoms with Crippen molar-refractivity contribution >= 4 is 27.3 Å². The summed E-state index contributed by atoms with van der Waals surface area (Å²) in [7, 11) is -3.70. The van der Waals surface area contributed by atoms with Crippen LogP contribution in [0.15, 0.2) is 77.7 Å². The minimum atomic E-state index is -3.70. The summed E-state index contributed by atoms with van der Waals surface area (Å²) in [4.78, 5) is 12.5. The lowest BCUT2D eigenvalue weighted by Crippen LogP contribution is -2.15. The molecule has 0 unspecified atom stereocenters. The smallest absolute Gasteiger partial charge is 0.262 e. The van der Waals surface area contributed by atoms with Crippen LogP contribution in [0.3, 0.4) is 0 Å². The zero-order valence-electron chi connectivity index (χ0n) is 15.1. The van der Waals surface area contributed by atoms with Gasteiger partial charge in [-0.2, -0.15) is 0 Å². The van der Waals surface area contributed by atoms with E-state index < -0.39 is 10.0 Å². The van der Waals surface area contributed by atoms with Gasteiger partial charge in [0.25, 0.3) is 15.9 Å². The molecule has 5 nitrogen and oxygen atoms in total. The molecule has 0 spiro atoms. The van der Waals surface area contributed by atoms with Gasteiger partial charge in [-0.1, -0.05) is 30.3 Å². The first-order chi connectivity index (χ1) is 12.8. The molecule has 0 atom stereocenters. The van der Waals surface area contributed by atoms with Crippen LogP contribution in [-0.4, -0.2) is 14.3 Å². The molecule has 3 aromatic carbocycles. The number of carbonyl (C=O) groups excluding carboxylic acids is 1. The van der Waals surface area contributed by atoms with Crippen molar-refractivity contribution < 1.29 is 13.2 Å². The van der Waals surface area contributed by atoms with E-state index in [1.807, 2.05) is 31.2 Å². The van der Waals surface area contributed by atoms with Crippen molar-refractivity contribution in [2.24, 2.45) is 0 Å². The molecular formula is C21H20N2O3S. The average molecular weight is 380 g/mol. The molecule has 0 saturated carbocycles. The number of sulfonamides is 1. The minimum absolute atomic E-state index is 0.244. The third-order valence-corrected chi connectivity index (χ3v) is 5.59. The van der Waals surface area contributed by atoms with Gasteiger partial charge in [0.1, 0.15) is 0 Å². The lowest BCUT2D eigenvalue weighted by molar-refractivity contribution is 0.102. The van der Waals surface area contributed by atoms with E-state index in [9.17, 15) is 13.2 Å². The quantitative estimate of drug-likeness (QED) is 0.691. The number of amides is 1. The van der Waals surface area contributed by atoms with Crippen molar-refractivity contribution in [3.05, 3.63) is 89.5 Å². The number of hydrogen-bond acceptors (Lipinski definition) is 3. The first kappa shape index (κ1) is 18.7. The maximum Gasteiger partial charge on any atom is 0.262 e. The van der Waals surface area contributed by atoms with Crippen LogP contribution in [0.4, 0.5) is 11.4 Å². The van der Waals surface area contributed by atoms with Gasteiger partial charge in [0.15, 0.2) is 0 Å².